The molecule has 0 radical (unpaired) electrons. The number of amides is 1. The topological polar surface area (TPSA) is 50.4 Å². The Labute approximate surface area is 110 Å². The first-order valence-electron chi connectivity index (χ1n) is 5.50. The van der Waals surface area contributed by atoms with Gasteiger partial charge >= 0.3 is 0 Å². The molecule has 0 saturated carbocycles. The zero-order valence-electron chi connectivity index (χ0n) is 10.0. The normalized spacial score (nSPS) is 10.1. The third-order valence-corrected chi connectivity index (χ3v) is 2.62. The van der Waals surface area contributed by atoms with Crippen LogP contribution in [0.2, 0.25) is 0 Å². The number of hydrogen-bond acceptors (Lipinski definition) is 3. The molecule has 1 aromatic carbocycles. The van der Waals surface area contributed by atoms with Crippen molar-refractivity contribution in [2.75, 3.05) is 20.2 Å². The van der Waals surface area contributed by atoms with Crippen LogP contribution in [-0.2, 0) is 11.3 Å². The van der Waals surface area contributed by atoms with E-state index in [9.17, 15) is 4.79 Å². The van der Waals surface area contributed by atoms with E-state index in [4.69, 9.17) is 4.74 Å². The van der Waals surface area contributed by atoms with Gasteiger partial charge in [-0.2, -0.15) is 0 Å². The molecule has 2 N–H and O–H groups in total. The average molecular weight is 301 g/mol. The molecule has 0 fully saturated rings. The Hall–Kier alpha value is -1.07. The smallest absolute Gasteiger partial charge is 0.257 e. The number of benzene rings is 1. The summed E-state index contributed by atoms with van der Waals surface area (Å²) in [5.41, 5.74) is 1.02. The standard InChI is InChI=1S/C12H17BrN2O2/c1-3-15-12(16)8-17-11-5-4-10(13)6-9(11)7-14-2/h4-6,14H,3,7-8H2,1-2H3,(H,15,16). The van der Waals surface area contributed by atoms with Gasteiger partial charge in [-0.25, -0.2) is 0 Å². The number of carbonyl (C=O) groups is 1. The lowest BCUT2D eigenvalue weighted by Crippen LogP contribution is -2.28. The number of hydrogen-bond donors (Lipinski definition) is 2. The highest BCUT2D eigenvalue weighted by Crippen LogP contribution is 2.23. The lowest BCUT2D eigenvalue weighted by molar-refractivity contribution is -0.122. The molecule has 0 bridgehead atoms. The lowest BCUT2D eigenvalue weighted by atomic mass is 10.2. The van der Waals surface area contributed by atoms with Gasteiger partial charge in [-0.05, 0) is 32.2 Å². The maximum absolute atomic E-state index is 11.3. The van der Waals surface area contributed by atoms with Crippen molar-refractivity contribution in [2.24, 2.45) is 0 Å². The number of nitrogens with one attached hydrogen (secondary N) is 2. The van der Waals surface area contributed by atoms with Gasteiger partial charge in [0, 0.05) is 23.1 Å². The van der Waals surface area contributed by atoms with Crippen molar-refractivity contribution >= 4 is 21.8 Å². The van der Waals surface area contributed by atoms with Crippen LogP contribution >= 0.6 is 15.9 Å². The monoisotopic (exact) mass is 300 g/mol. The Morgan fingerprint density at radius 3 is 2.88 bits per heavy atom. The van der Waals surface area contributed by atoms with Crippen molar-refractivity contribution in [3.63, 3.8) is 0 Å². The van der Waals surface area contributed by atoms with Gasteiger partial charge in [-0.15, -0.1) is 0 Å². The van der Waals surface area contributed by atoms with E-state index in [0.29, 0.717) is 13.1 Å². The highest BCUT2D eigenvalue weighted by molar-refractivity contribution is 9.10. The van der Waals surface area contributed by atoms with E-state index in [-0.39, 0.29) is 12.5 Å². The quantitative estimate of drug-likeness (QED) is 0.840. The third-order valence-electron chi connectivity index (χ3n) is 2.12. The molecule has 0 aromatic heterocycles. The summed E-state index contributed by atoms with van der Waals surface area (Å²) in [7, 11) is 1.87. The second-order valence-electron chi connectivity index (χ2n) is 3.52. The summed E-state index contributed by atoms with van der Waals surface area (Å²) in [6, 6.07) is 5.73. The molecule has 1 rings (SSSR count). The second-order valence-corrected chi connectivity index (χ2v) is 4.44. The summed E-state index contributed by atoms with van der Waals surface area (Å²) >= 11 is 3.41. The fraction of sp³-hybridized carbons (Fsp3) is 0.417. The van der Waals surface area contributed by atoms with Gasteiger partial charge in [0.1, 0.15) is 5.75 Å². The highest BCUT2D eigenvalue weighted by atomic mass is 79.9. The molecule has 0 spiro atoms. The average Bonchev–Trinajstić information content (AvgIpc) is 2.29. The number of halogens is 1. The summed E-state index contributed by atoms with van der Waals surface area (Å²) in [5.74, 6) is 0.625. The van der Waals surface area contributed by atoms with Crippen LogP contribution in [-0.4, -0.2) is 26.1 Å². The van der Waals surface area contributed by atoms with E-state index in [2.05, 4.69) is 26.6 Å². The van der Waals surface area contributed by atoms with Gasteiger partial charge in [0.25, 0.3) is 5.91 Å². The van der Waals surface area contributed by atoms with Gasteiger partial charge < -0.3 is 15.4 Å². The minimum Gasteiger partial charge on any atom is -0.483 e. The summed E-state index contributed by atoms with van der Waals surface area (Å²) in [5, 5.41) is 5.75. The summed E-state index contributed by atoms with van der Waals surface area (Å²) < 4.78 is 6.48. The Morgan fingerprint density at radius 1 is 1.47 bits per heavy atom. The maximum Gasteiger partial charge on any atom is 0.257 e. The Bertz CT molecular complexity index is 383. The van der Waals surface area contributed by atoms with E-state index in [1.54, 1.807) is 0 Å². The molecule has 0 aliphatic rings. The molecule has 0 unspecified atom stereocenters. The van der Waals surface area contributed by atoms with Crippen molar-refractivity contribution in [1.82, 2.24) is 10.6 Å². The van der Waals surface area contributed by atoms with Crippen molar-refractivity contribution in [1.29, 1.82) is 0 Å². The number of carbonyl (C=O) groups excluding carboxylic acids is 1. The largest absolute Gasteiger partial charge is 0.483 e. The van der Waals surface area contributed by atoms with Crippen LogP contribution in [0.15, 0.2) is 22.7 Å². The van der Waals surface area contributed by atoms with Gasteiger partial charge in [-0.3, -0.25) is 4.79 Å². The second kappa shape index (κ2) is 7.29. The van der Waals surface area contributed by atoms with Crippen molar-refractivity contribution < 1.29 is 9.53 Å². The summed E-state index contributed by atoms with van der Waals surface area (Å²) in [4.78, 5) is 11.3. The molecular weight excluding hydrogens is 284 g/mol. The van der Waals surface area contributed by atoms with Gasteiger partial charge in [0.05, 0.1) is 0 Å². The molecule has 0 atom stereocenters. The van der Waals surface area contributed by atoms with Crippen molar-refractivity contribution in [3.8, 4) is 5.75 Å². The van der Waals surface area contributed by atoms with Crippen molar-refractivity contribution in [3.05, 3.63) is 28.2 Å². The molecule has 0 aliphatic heterocycles. The minimum absolute atomic E-state index is 0.0478. The minimum atomic E-state index is -0.106. The fourth-order valence-corrected chi connectivity index (χ4v) is 1.82. The molecule has 94 valence electrons. The fourth-order valence-electron chi connectivity index (χ4n) is 1.41. The van der Waals surface area contributed by atoms with Gasteiger partial charge in [0.15, 0.2) is 6.61 Å². The van der Waals surface area contributed by atoms with E-state index < -0.39 is 0 Å². The molecule has 1 aromatic rings. The first kappa shape index (κ1) is 14.0. The molecule has 4 nitrogen and oxygen atoms in total. The highest BCUT2D eigenvalue weighted by Gasteiger charge is 2.06. The van der Waals surface area contributed by atoms with Crippen LogP contribution in [0, 0.1) is 0 Å². The molecule has 17 heavy (non-hydrogen) atoms. The van der Waals surface area contributed by atoms with Crippen LogP contribution in [0.25, 0.3) is 0 Å². The zero-order valence-corrected chi connectivity index (χ0v) is 11.6. The molecule has 0 heterocycles. The maximum atomic E-state index is 11.3. The van der Waals surface area contributed by atoms with E-state index in [1.165, 1.54) is 0 Å². The lowest BCUT2D eigenvalue weighted by Gasteiger charge is -2.11. The molecule has 1 amide bonds. The number of ether oxygens (including phenoxy) is 1. The Kier molecular flexibility index (Phi) is 6.00. The molecule has 5 heteroatoms. The SMILES string of the molecule is CCNC(=O)COc1ccc(Br)cc1CNC. The molecule has 0 aliphatic carbocycles. The van der Waals surface area contributed by atoms with Crippen LogP contribution in [0.3, 0.4) is 0 Å². The number of likely N-dealkylation sites (N-methyl/N-ethyl adjacent to an activating group) is 1. The summed E-state index contributed by atoms with van der Waals surface area (Å²) in [6.07, 6.45) is 0. The van der Waals surface area contributed by atoms with E-state index in [1.807, 2.05) is 32.2 Å². The van der Waals surface area contributed by atoms with E-state index in [0.717, 1.165) is 15.8 Å². The first-order chi connectivity index (χ1) is 8.17. The van der Waals surface area contributed by atoms with Crippen LogP contribution in [0.5, 0.6) is 5.75 Å². The summed E-state index contributed by atoms with van der Waals surface area (Å²) in [6.45, 7) is 3.24. The van der Waals surface area contributed by atoms with Crippen LogP contribution < -0.4 is 15.4 Å². The third kappa shape index (κ3) is 4.75. The Morgan fingerprint density at radius 2 is 2.24 bits per heavy atom. The Balaban J connectivity index is 2.66. The molecule has 0 saturated heterocycles. The van der Waals surface area contributed by atoms with Crippen LogP contribution in [0.1, 0.15) is 12.5 Å². The van der Waals surface area contributed by atoms with Crippen molar-refractivity contribution in [2.45, 2.75) is 13.5 Å². The van der Waals surface area contributed by atoms with Crippen LogP contribution in [0.4, 0.5) is 0 Å². The predicted octanol–water partition coefficient (Wildman–Crippen LogP) is 1.68. The van der Waals surface area contributed by atoms with Gasteiger partial charge in [-0.1, -0.05) is 15.9 Å². The van der Waals surface area contributed by atoms with E-state index >= 15 is 0 Å². The van der Waals surface area contributed by atoms with Gasteiger partial charge in [0.2, 0.25) is 0 Å². The number of rotatable bonds is 6. The predicted molar refractivity (Wildman–Crippen MR) is 71.1 cm³/mol. The zero-order chi connectivity index (χ0) is 12.7. The molecular formula is C12H17BrN2O2. The first-order valence-corrected chi connectivity index (χ1v) is 6.29.